The van der Waals surface area contributed by atoms with Crippen LogP contribution in [0.3, 0.4) is 0 Å². The largest absolute Gasteiger partial charge is 0.456 e. The van der Waals surface area contributed by atoms with Crippen LogP contribution in [-0.4, -0.2) is 30.3 Å². The highest BCUT2D eigenvalue weighted by atomic mass is 35.5. The molecule has 0 heterocycles. The highest BCUT2D eigenvalue weighted by molar-refractivity contribution is 6.30. The Bertz CT molecular complexity index is 1040. The average Bonchev–Trinajstić information content (AvgIpc) is 2.82. The molecule has 3 aromatic rings. The molecule has 5 nitrogen and oxygen atoms in total. The van der Waals surface area contributed by atoms with E-state index in [2.05, 4.69) is 5.32 Å². The molecule has 0 spiro atoms. The number of Topliss-reactive ketones (excluding diaryl/α,β-unsaturated/α-hetero) is 1. The van der Waals surface area contributed by atoms with Crippen molar-refractivity contribution < 1.29 is 19.1 Å². The number of esters is 1. The average molecular weight is 464 g/mol. The Morgan fingerprint density at radius 3 is 1.82 bits per heavy atom. The monoisotopic (exact) mass is 463 g/mol. The number of nitrogens with one attached hydrogen (secondary N) is 1. The minimum atomic E-state index is -0.898. The van der Waals surface area contributed by atoms with Gasteiger partial charge in [-0.25, -0.2) is 4.79 Å². The van der Waals surface area contributed by atoms with Crippen LogP contribution in [-0.2, 0) is 14.3 Å². The zero-order chi connectivity index (χ0) is 23.8. The van der Waals surface area contributed by atoms with Crippen molar-refractivity contribution >= 4 is 29.3 Å². The number of benzene rings is 3. The lowest BCUT2D eigenvalue weighted by molar-refractivity contribution is -0.148. The second-order valence-corrected chi connectivity index (χ2v) is 8.46. The topological polar surface area (TPSA) is 72.5 Å². The summed E-state index contributed by atoms with van der Waals surface area (Å²) in [5, 5.41) is 3.35. The summed E-state index contributed by atoms with van der Waals surface area (Å²) in [5.41, 5.74) is 2.02. The summed E-state index contributed by atoms with van der Waals surface area (Å²) < 4.78 is 5.27. The molecule has 170 valence electrons. The van der Waals surface area contributed by atoms with E-state index in [4.69, 9.17) is 16.3 Å². The van der Waals surface area contributed by atoms with Crippen molar-refractivity contribution in [2.75, 3.05) is 6.61 Å². The van der Waals surface area contributed by atoms with E-state index in [0.717, 1.165) is 11.1 Å². The molecule has 0 aliphatic carbocycles. The quantitative estimate of drug-likeness (QED) is 0.356. The number of hydrogen-bond acceptors (Lipinski definition) is 4. The van der Waals surface area contributed by atoms with Gasteiger partial charge < -0.3 is 10.1 Å². The minimum absolute atomic E-state index is 0.237. The molecule has 0 fully saturated rings. The second-order valence-electron chi connectivity index (χ2n) is 8.02. The fourth-order valence-corrected chi connectivity index (χ4v) is 3.59. The van der Waals surface area contributed by atoms with Crippen LogP contribution in [0.15, 0.2) is 84.9 Å². The second kappa shape index (κ2) is 11.4. The van der Waals surface area contributed by atoms with E-state index in [0.29, 0.717) is 10.6 Å². The van der Waals surface area contributed by atoms with Gasteiger partial charge in [-0.1, -0.05) is 86.1 Å². The van der Waals surface area contributed by atoms with Gasteiger partial charge in [0.1, 0.15) is 6.04 Å². The van der Waals surface area contributed by atoms with Crippen LogP contribution in [0.4, 0.5) is 0 Å². The Morgan fingerprint density at radius 1 is 0.818 bits per heavy atom. The smallest absolute Gasteiger partial charge is 0.329 e. The van der Waals surface area contributed by atoms with Gasteiger partial charge in [-0.15, -0.1) is 0 Å². The van der Waals surface area contributed by atoms with E-state index < -0.39 is 24.5 Å². The fraction of sp³-hybridized carbons (Fsp3) is 0.222. The number of hydrogen-bond donors (Lipinski definition) is 1. The first-order chi connectivity index (χ1) is 15.9. The van der Waals surface area contributed by atoms with E-state index in [1.807, 2.05) is 74.5 Å². The first-order valence-corrected chi connectivity index (χ1v) is 11.1. The zero-order valence-corrected chi connectivity index (χ0v) is 19.3. The molecule has 0 aliphatic rings. The molecule has 1 amide bonds. The molecule has 1 atom stereocenters. The molecule has 0 radical (unpaired) electrons. The van der Waals surface area contributed by atoms with E-state index >= 15 is 0 Å². The Labute approximate surface area is 198 Å². The van der Waals surface area contributed by atoms with Crippen LogP contribution in [0, 0.1) is 5.92 Å². The van der Waals surface area contributed by atoms with Crippen molar-refractivity contribution in [2.45, 2.75) is 25.8 Å². The maximum absolute atomic E-state index is 13.4. The molecular formula is C27H26ClNO4. The van der Waals surface area contributed by atoms with Gasteiger partial charge in [0.25, 0.3) is 0 Å². The van der Waals surface area contributed by atoms with Crippen LogP contribution in [0.25, 0.3) is 0 Å². The van der Waals surface area contributed by atoms with Crippen molar-refractivity contribution in [1.29, 1.82) is 0 Å². The van der Waals surface area contributed by atoms with Crippen LogP contribution in [0.5, 0.6) is 0 Å². The predicted octanol–water partition coefficient (Wildman–Crippen LogP) is 5.04. The van der Waals surface area contributed by atoms with Gasteiger partial charge in [0.05, 0.1) is 5.92 Å². The summed E-state index contributed by atoms with van der Waals surface area (Å²) in [4.78, 5) is 38.5. The Kier molecular flexibility index (Phi) is 8.39. The molecule has 3 rings (SSSR count). The molecule has 0 aliphatic heterocycles. The number of ether oxygens (including phenoxy) is 1. The van der Waals surface area contributed by atoms with E-state index in [-0.39, 0.29) is 17.6 Å². The number of carbonyl (C=O) groups is 3. The van der Waals surface area contributed by atoms with E-state index in [1.165, 1.54) is 0 Å². The summed E-state index contributed by atoms with van der Waals surface area (Å²) in [6.07, 6.45) is 0. The van der Waals surface area contributed by atoms with Crippen LogP contribution in [0.2, 0.25) is 5.02 Å². The Balaban J connectivity index is 1.73. The number of carbonyl (C=O) groups excluding carboxylic acids is 3. The molecule has 1 N–H and O–H groups in total. The Hall–Kier alpha value is -3.44. The van der Waals surface area contributed by atoms with Crippen molar-refractivity contribution in [2.24, 2.45) is 5.92 Å². The maximum atomic E-state index is 13.4. The van der Waals surface area contributed by atoms with Gasteiger partial charge in [0.15, 0.2) is 12.4 Å². The lowest BCUT2D eigenvalue weighted by Crippen LogP contribution is -2.47. The third-order valence-corrected chi connectivity index (χ3v) is 5.51. The molecule has 6 heteroatoms. The van der Waals surface area contributed by atoms with E-state index in [9.17, 15) is 14.4 Å². The standard InChI is InChI=1S/C27H26ClNO4/c1-18(2)25(27(32)33-17-23(30)19-13-15-22(28)16-14-19)29-26(31)24(20-9-5-3-6-10-20)21-11-7-4-8-12-21/h3-16,18,24-25H,17H2,1-2H3,(H,29,31)/t25-/m1/s1. The molecule has 0 unspecified atom stereocenters. The van der Waals surface area contributed by atoms with E-state index in [1.54, 1.807) is 24.3 Å². The SMILES string of the molecule is CC(C)[C@@H](NC(=O)C(c1ccccc1)c1ccccc1)C(=O)OCC(=O)c1ccc(Cl)cc1. The molecular weight excluding hydrogens is 438 g/mol. The van der Waals surface area contributed by atoms with Crippen molar-refractivity contribution in [3.8, 4) is 0 Å². The van der Waals surface area contributed by atoms with Crippen LogP contribution >= 0.6 is 11.6 Å². The number of halogens is 1. The maximum Gasteiger partial charge on any atom is 0.329 e. The van der Waals surface area contributed by atoms with Crippen molar-refractivity contribution in [3.63, 3.8) is 0 Å². The number of amides is 1. The van der Waals surface area contributed by atoms with Crippen LogP contribution < -0.4 is 5.32 Å². The summed E-state index contributed by atoms with van der Waals surface area (Å²) in [6.45, 7) is 3.21. The summed E-state index contributed by atoms with van der Waals surface area (Å²) in [5.74, 6) is -2.13. The lowest BCUT2D eigenvalue weighted by Gasteiger charge is -2.24. The van der Waals surface area contributed by atoms with Gasteiger partial charge in [-0.3, -0.25) is 9.59 Å². The normalized spacial score (nSPS) is 11.8. The first-order valence-electron chi connectivity index (χ1n) is 10.7. The molecule has 33 heavy (non-hydrogen) atoms. The number of ketones is 1. The molecule has 0 aromatic heterocycles. The zero-order valence-electron chi connectivity index (χ0n) is 18.5. The minimum Gasteiger partial charge on any atom is -0.456 e. The van der Waals surface area contributed by atoms with Gasteiger partial charge >= 0.3 is 5.97 Å². The van der Waals surface area contributed by atoms with Gasteiger partial charge in [0.2, 0.25) is 5.91 Å². The van der Waals surface area contributed by atoms with Gasteiger partial charge in [-0.05, 0) is 41.3 Å². The number of rotatable bonds is 9. The van der Waals surface area contributed by atoms with Crippen LogP contribution in [0.1, 0.15) is 41.3 Å². The highest BCUT2D eigenvalue weighted by Gasteiger charge is 2.31. The third kappa shape index (κ3) is 6.53. The first kappa shape index (κ1) is 24.2. The van der Waals surface area contributed by atoms with Crippen molar-refractivity contribution in [1.82, 2.24) is 5.32 Å². The summed E-state index contributed by atoms with van der Waals surface area (Å²) in [6, 6.07) is 24.2. The Morgan fingerprint density at radius 2 is 1.33 bits per heavy atom. The molecule has 0 bridgehead atoms. The molecule has 3 aromatic carbocycles. The fourth-order valence-electron chi connectivity index (χ4n) is 3.47. The van der Waals surface area contributed by atoms with Crippen molar-refractivity contribution in [3.05, 3.63) is 107 Å². The molecule has 0 saturated carbocycles. The highest BCUT2D eigenvalue weighted by Crippen LogP contribution is 2.25. The molecule has 0 saturated heterocycles. The third-order valence-electron chi connectivity index (χ3n) is 5.26. The summed E-state index contributed by atoms with van der Waals surface area (Å²) in [7, 11) is 0. The lowest BCUT2D eigenvalue weighted by atomic mass is 9.90. The van der Waals surface area contributed by atoms with Gasteiger partial charge in [0, 0.05) is 10.6 Å². The summed E-state index contributed by atoms with van der Waals surface area (Å²) >= 11 is 5.85. The van der Waals surface area contributed by atoms with Gasteiger partial charge in [-0.2, -0.15) is 0 Å². The predicted molar refractivity (Wildman–Crippen MR) is 128 cm³/mol.